The summed E-state index contributed by atoms with van der Waals surface area (Å²) in [5.41, 5.74) is 0. The molecule has 8 nitrogen and oxygen atoms in total. The van der Waals surface area contributed by atoms with Gasteiger partial charge in [0.2, 0.25) is 5.91 Å². The molecule has 2 bridgehead atoms. The van der Waals surface area contributed by atoms with E-state index in [1.165, 1.54) is 18.9 Å². The molecule has 0 spiro atoms. The summed E-state index contributed by atoms with van der Waals surface area (Å²) in [7, 11) is -2.05. The largest absolute Gasteiger partial charge is 0.340 e. The highest BCUT2D eigenvalue weighted by Gasteiger charge is 2.31. The number of rotatable bonds is 4. The summed E-state index contributed by atoms with van der Waals surface area (Å²) >= 11 is 0. The molecule has 2 fully saturated rings. The van der Waals surface area contributed by atoms with Gasteiger partial charge in [0.15, 0.2) is 5.03 Å². The van der Waals surface area contributed by atoms with E-state index in [4.69, 9.17) is 0 Å². The molecule has 2 aliphatic heterocycles. The van der Waals surface area contributed by atoms with Crippen molar-refractivity contribution < 1.29 is 13.2 Å². The lowest BCUT2D eigenvalue weighted by Gasteiger charge is -2.24. The molecular weight excluding hydrogens is 342 g/mol. The van der Waals surface area contributed by atoms with Crippen LogP contribution in [-0.2, 0) is 21.9 Å². The van der Waals surface area contributed by atoms with Crippen molar-refractivity contribution in [1.82, 2.24) is 24.5 Å². The number of halogens is 1. The first-order valence-corrected chi connectivity index (χ1v) is 8.94. The Bertz CT molecular complexity index is 662. The average Bonchev–Trinajstić information content (AvgIpc) is 3.03. The minimum absolute atomic E-state index is 0. The van der Waals surface area contributed by atoms with E-state index < -0.39 is 10.0 Å². The molecule has 3 heterocycles. The lowest BCUT2D eigenvalue weighted by Crippen LogP contribution is -2.44. The highest BCUT2D eigenvalue weighted by atomic mass is 35.5. The SMILES string of the molecule is Cl.Cn1cnc(S(=O)(=O)NCC(=O)N2CCC3CCC(C2)N3)c1. The summed E-state index contributed by atoms with van der Waals surface area (Å²) in [5.74, 6) is -0.186. The van der Waals surface area contributed by atoms with Crippen molar-refractivity contribution in [2.45, 2.75) is 36.4 Å². The molecule has 1 aromatic heterocycles. The van der Waals surface area contributed by atoms with Crippen LogP contribution in [0.15, 0.2) is 17.6 Å². The quantitative estimate of drug-likeness (QED) is 0.750. The molecule has 2 atom stereocenters. The van der Waals surface area contributed by atoms with Gasteiger partial charge in [0.1, 0.15) is 0 Å². The Morgan fingerprint density at radius 3 is 2.83 bits per heavy atom. The Morgan fingerprint density at radius 2 is 2.13 bits per heavy atom. The smallest absolute Gasteiger partial charge is 0.260 e. The molecule has 130 valence electrons. The van der Waals surface area contributed by atoms with Gasteiger partial charge in [0.05, 0.1) is 12.9 Å². The molecule has 1 aromatic rings. The average molecular weight is 364 g/mol. The predicted molar refractivity (Wildman–Crippen MR) is 86.8 cm³/mol. The van der Waals surface area contributed by atoms with Gasteiger partial charge in [-0.1, -0.05) is 0 Å². The zero-order valence-corrected chi connectivity index (χ0v) is 14.6. The zero-order valence-electron chi connectivity index (χ0n) is 12.9. The van der Waals surface area contributed by atoms with Crippen LogP contribution in [0.2, 0.25) is 0 Å². The number of sulfonamides is 1. The van der Waals surface area contributed by atoms with Crippen LogP contribution in [0.25, 0.3) is 0 Å². The van der Waals surface area contributed by atoms with Crippen LogP contribution in [0.3, 0.4) is 0 Å². The van der Waals surface area contributed by atoms with E-state index in [0.29, 0.717) is 25.2 Å². The molecule has 0 radical (unpaired) electrons. The summed E-state index contributed by atoms with van der Waals surface area (Å²) < 4.78 is 28.0. The molecule has 0 aliphatic carbocycles. The van der Waals surface area contributed by atoms with Gasteiger partial charge in [-0.15, -0.1) is 12.4 Å². The maximum Gasteiger partial charge on any atom is 0.260 e. The number of carbonyl (C=O) groups is 1. The first-order chi connectivity index (χ1) is 10.4. The van der Waals surface area contributed by atoms with Gasteiger partial charge < -0.3 is 14.8 Å². The van der Waals surface area contributed by atoms with Crippen molar-refractivity contribution in [3.8, 4) is 0 Å². The Morgan fingerprint density at radius 1 is 1.39 bits per heavy atom. The van der Waals surface area contributed by atoms with E-state index in [0.717, 1.165) is 12.8 Å². The molecule has 3 rings (SSSR count). The maximum absolute atomic E-state index is 12.3. The Balaban J connectivity index is 0.00000192. The van der Waals surface area contributed by atoms with E-state index >= 15 is 0 Å². The summed E-state index contributed by atoms with van der Waals surface area (Å²) in [5, 5.41) is 3.42. The topological polar surface area (TPSA) is 96.3 Å². The van der Waals surface area contributed by atoms with Crippen LogP contribution in [0.1, 0.15) is 19.3 Å². The molecule has 10 heteroatoms. The van der Waals surface area contributed by atoms with Crippen LogP contribution >= 0.6 is 12.4 Å². The van der Waals surface area contributed by atoms with Crippen molar-refractivity contribution in [2.75, 3.05) is 19.6 Å². The highest BCUT2D eigenvalue weighted by Crippen LogP contribution is 2.20. The third-order valence-corrected chi connectivity index (χ3v) is 5.53. The van der Waals surface area contributed by atoms with Crippen LogP contribution in [-0.4, -0.2) is 60.5 Å². The van der Waals surface area contributed by atoms with E-state index in [9.17, 15) is 13.2 Å². The van der Waals surface area contributed by atoms with Gasteiger partial charge in [0, 0.05) is 38.4 Å². The fraction of sp³-hybridized carbons (Fsp3) is 0.692. The van der Waals surface area contributed by atoms with E-state index in [2.05, 4.69) is 15.0 Å². The molecule has 2 N–H and O–H groups in total. The van der Waals surface area contributed by atoms with Crippen LogP contribution in [0.4, 0.5) is 0 Å². The van der Waals surface area contributed by atoms with Crippen molar-refractivity contribution in [3.05, 3.63) is 12.5 Å². The number of likely N-dealkylation sites (tertiary alicyclic amines) is 1. The van der Waals surface area contributed by atoms with Crippen LogP contribution in [0, 0.1) is 0 Å². The summed E-state index contributed by atoms with van der Waals surface area (Å²) in [6.07, 6.45) is 5.98. The maximum atomic E-state index is 12.3. The van der Waals surface area contributed by atoms with Crippen LogP contribution in [0.5, 0.6) is 0 Å². The standard InChI is InChI=1S/C13H21N5O3S.ClH/c1-17-8-12(14-9-17)22(20,21)15-6-13(19)18-5-4-10-2-3-11(7-18)16-10;/h8-11,15-16H,2-7H2,1H3;1H. The molecule has 23 heavy (non-hydrogen) atoms. The fourth-order valence-electron chi connectivity index (χ4n) is 3.04. The van der Waals surface area contributed by atoms with Gasteiger partial charge in [-0.3, -0.25) is 4.79 Å². The highest BCUT2D eigenvalue weighted by molar-refractivity contribution is 7.89. The first-order valence-electron chi connectivity index (χ1n) is 7.45. The lowest BCUT2D eigenvalue weighted by molar-refractivity contribution is -0.130. The number of aromatic nitrogens is 2. The Labute approximate surface area is 142 Å². The number of amides is 1. The molecule has 2 aliphatic rings. The number of nitrogens with one attached hydrogen (secondary N) is 2. The number of aryl methyl sites for hydroxylation is 1. The number of fused-ring (bicyclic) bond motifs is 2. The Kier molecular flexibility index (Phi) is 5.66. The first kappa shape index (κ1) is 18.2. The van der Waals surface area contributed by atoms with E-state index in [1.54, 1.807) is 16.5 Å². The minimum Gasteiger partial charge on any atom is -0.340 e. The van der Waals surface area contributed by atoms with Crippen molar-refractivity contribution >= 4 is 28.3 Å². The fourth-order valence-corrected chi connectivity index (χ4v) is 3.99. The van der Waals surface area contributed by atoms with Gasteiger partial charge in [0.25, 0.3) is 10.0 Å². The lowest BCUT2D eigenvalue weighted by atomic mass is 10.1. The predicted octanol–water partition coefficient (Wildman–Crippen LogP) is -0.527. The number of imidazole rings is 1. The molecule has 0 aromatic carbocycles. The van der Waals surface area contributed by atoms with Gasteiger partial charge in [-0.2, -0.15) is 0 Å². The Hall–Kier alpha value is -1.16. The summed E-state index contributed by atoms with van der Waals surface area (Å²) in [4.78, 5) is 17.8. The second-order valence-electron chi connectivity index (χ2n) is 5.97. The summed E-state index contributed by atoms with van der Waals surface area (Å²) in [6.45, 7) is 1.11. The monoisotopic (exact) mass is 363 g/mol. The van der Waals surface area contributed by atoms with Gasteiger partial charge in [-0.25, -0.2) is 18.1 Å². The third kappa shape index (κ3) is 4.23. The number of hydrogen-bond donors (Lipinski definition) is 2. The number of carbonyl (C=O) groups excluding carboxylic acids is 1. The second kappa shape index (κ2) is 7.16. The third-order valence-electron chi connectivity index (χ3n) is 4.25. The zero-order chi connectivity index (χ0) is 15.7. The molecule has 2 unspecified atom stereocenters. The normalized spacial score (nSPS) is 24.1. The van der Waals surface area contributed by atoms with Gasteiger partial charge in [-0.05, 0) is 19.3 Å². The number of nitrogens with zero attached hydrogens (tertiary/aromatic N) is 3. The molecular formula is C13H22ClN5O3S. The minimum atomic E-state index is -3.74. The second-order valence-corrected chi connectivity index (χ2v) is 7.68. The van der Waals surface area contributed by atoms with Crippen molar-refractivity contribution in [3.63, 3.8) is 0 Å². The van der Waals surface area contributed by atoms with Crippen LogP contribution < -0.4 is 10.0 Å². The number of hydrogen-bond acceptors (Lipinski definition) is 5. The van der Waals surface area contributed by atoms with Gasteiger partial charge >= 0.3 is 0 Å². The van der Waals surface area contributed by atoms with E-state index in [1.807, 2.05) is 0 Å². The molecule has 1 amide bonds. The van der Waals surface area contributed by atoms with E-state index in [-0.39, 0.29) is 29.9 Å². The van der Waals surface area contributed by atoms with Crippen molar-refractivity contribution in [2.24, 2.45) is 7.05 Å². The summed E-state index contributed by atoms with van der Waals surface area (Å²) in [6, 6.07) is 0.830. The van der Waals surface area contributed by atoms with Crippen molar-refractivity contribution in [1.29, 1.82) is 0 Å². The molecule has 2 saturated heterocycles. The molecule has 0 saturated carbocycles.